The number of H-pyrrole nitrogens is 1. The number of rotatable bonds is 6. The topological polar surface area (TPSA) is 67.0 Å². The van der Waals surface area contributed by atoms with Gasteiger partial charge in [-0.1, -0.05) is 19.8 Å². The highest BCUT2D eigenvalue weighted by Crippen LogP contribution is 2.26. The van der Waals surface area contributed by atoms with E-state index >= 15 is 0 Å². The smallest absolute Gasteiger partial charge is 0.255 e. The molecule has 0 saturated heterocycles. The highest BCUT2D eigenvalue weighted by molar-refractivity contribution is 5.99. The molecule has 1 aromatic heterocycles. The molecule has 0 unspecified atom stereocenters. The van der Waals surface area contributed by atoms with Crippen LogP contribution in [0.2, 0.25) is 0 Å². The van der Waals surface area contributed by atoms with Crippen molar-refractivity contribution >= 4 is 5.91 Å². The van der Waals surface area contributed by atoms with Gasteiger partial charge < -0.3 is 10.1 Å². The minimum Gasteiger partial charge on any atom is -0.376 e. The van der Waals surface area contributed by atoms with Crippen LogP contribution in [0.5, 0.6) is 0 Å². The Bertz CT molecular complexity index is 699. The van der Waals surface area contributed by atoms with Gasteiger partial charge in [0.2, 0.25) is 0 Å². The van der Waals surface area contributed by atoms with Gasteiger partial charge in [-0.3, -0.25) is 9.89 Å². The summed E-state index contributed by atoms with van der Waals surface area (Å²) in [5, 5.41) is 9.61. The quantitative estimate of drug-likeness (QED) is 0.787. The molecule has 3 rings (SSSR count). The Kier molecular flexibility index (Phi) is 5.81. The molecule has 1 aliphatic carbocycles. The lowest BCUT2D eigenvalue weighted by Crippen LogP contribution is -2.31. The van der Waals surface area contributed by atoms with Gasteiger partial charge in [0.15, 0.2) is 0 Å². The zero-order valence-electron chi connectivity index (χ0n) is 14.4. The lowest BCUT2D eigenvalue weighted by atomic mass is 9.88. The lowest BCUT2D eigenvalue weighted by Gasteiger charge is -2.28. The SMILES string of the molecule is C[C@H]1CCCC[C@@H]1OCCNC(=O)c1cn[nH]c1-c1ccc(F)cc1. The third kappa shape index (κ3) is 4.45. The van der Waals surface area contributed by atoms with Crippen molar-refractivity contribution in [2.45, 2.75) is 38.7 Å². The summed E-state index contributed by atoms with van der Waals surface area (Å²) in [6, 6.07) is 5.95. The van der Waals surface area contributed by atoms with Crippen LogP contribution in [0.3, 0.4) is 0 Å². The van der Waals surface area contributed by atoms with E-state index < -0.39 is 0 Å². The van der Waals surface area contributed by atoms with Gasteiger partial charge in [0.1, 0.15) is 5.82 Å². The molecule has 25 heavy (non-hydrogen) atoms. The molecular formula is C19H24FN3O2. The largest absolute Gasteiger partial charge is 0.376 e. The van der Waals surface area contributed by atoms with E-state index in [9.17, 15) is 9.18 Å². The Hall–Kier alpha value is -2.21. The number of ether oxygens (including phenoxy) is 1. The second-order valence-electron chi connectivity index (χ2n) is 6.59. The fraction of sp³-hybridized carbons (Fsp3) is 0.474. The standard InChI is InChI=1S/C19H24FN3O2/c1-13-4-2-3-5-17(13)25-11-10-21-19(24)16-12-22-23-18(16)14-6-8-15(20)9-7-14/h6-9,12-13,17H,2-5,10-11H2,1H3,(H,21,24)(H,22,23)/t13-,17-/m0/s1. The molecular weight excluding hydrogens is 321 g/mol. The van der Waals surface area contributed by atoms with Gasteiger partial charge >= 0.3 is 0 Å². The van der Waals surface area contributed by atoms with Gasteiger partial charge in [0.25, 0.3) is 5.91 Å². The molecule has 2 aromatic rings. The third-order valence-corrected chi connectivity index (χ3v) is 4.77. The molecule has 1 fully saturated rings. The average Bonchev–Trinajstić information content (AvgIpc) is 3.10. The van der Waals surface area contributed by atoms with Crippen LogP contribution >= 0.6 is 0 Å². The maximum absolute atomic E-state index is 13.1. The Labute approximate surface area is 147 Å². The lowest BCUT2D eigenvalue weighted by molar-refractivity contribution is -0.00293. The molecule has 6 heteroatoms. The summed E-state index contributed by atoms with van der Waals surface area (Å²) in [6.07, 6.45) is 6.60. The van der Waals surface area contributed by atoms with Gasteiger partial charge in [0, 0.05) is 12.1 Å². The van der Waals surface area contributed by atoms with E-state index in [1.807, 2.05) is 0 Å². The molecule has 1 heterocycles. The number of nitrogens with zero attached hydrogens (tertiary/aromatic N) is 1. The number of aromatic amines is 1. The molecule has 1 aliphatic rings. The number of amides is 1. The molecule has 2 N–H and O–H groups in total. The Balaban J connectivity index is 1.52. The Morgan fingerprint density at radius 1 is 1.32 bits per heavy atom. The summed E-state index contributed by atoms with van der Waals surface area (Å²) in [5.74, 6) is 0.0557. The van der Waals surface area contributed by atoms with E-state index in [0.717, 1.165) is 12.0 Å². The van der Waals surface area contributed by atoms with Gasteiger partial charge in [-0.15, -0.1) is 0 Å². The van der Waals surface area contributed by atoms with Gasteiger partial charge in [0.05, 0.1) is 30.2 Å². The van der Waals surface area contributed by atoms with Crippen molar-refractivity contribution in [2.24, 2.45) is 5.92 Å². The highest BCUT2D eigenvalue weighted by atomic mass is 19.1. The van der Waals surface area contributed by atoms with Crippen molar-refractivity contribution in [3.8, 4) is 11.3 Å². The van der Waals surface area contributed by atoms with Crippen LogP contribution in [-0.4, -0.2) is 35.4 Å². The summed E-state index contributed by atoms with van der Waals surface area (Å²) in [7, 11) is 0. The number of carbonyl (C=O) groups excluding carboxylic acids is 1. The fourth-order valence-electron chi connectivity index (χ4n) is 3.29. The first-order valence-electron chi connectivity index (χ1n) is 8.84. The van der Waals surface area contributed by atoms with Crippen molar-refractivity contribution in [1.29, 1.82) is 0 Å². The van der Waals surface area contributed by atoms with Crippen LogP contribution in [-0.2, 0) is 4.74 Å². The second kappa shape index (κ2) is 8.25. The fourth-order valence-corrected chi connectivity index (χ4v) is 3.29. The van der Waals surface area contributed by atoms with E-state index in [1.54, 1.807) is 12.1 Å². The van der Waals surface area contributed by atoms with E-state index in [4.69, 9.17) is 4.74 Å². The predicted octanol–water partition coefficient (Wildman–Crippen LogP) is 3.54. The third-order valence-electron chi connectivity index (χ3n) is 4.77. The van der Waals surface area contributed by atoms with Gasteiger partial charge in [-0.05, 0) is 43.0 Å². The number of benzene rings is 1. The summed E-state index contributed by atoms with van der Waals surface area (Å²) in [5.41, 5.74) is 1.74. The first-order valence-corrected chi connectivity index (χ1v) is 8.84. The van der Waals surface area contributed by atoms with Crippen LogP contribution in [0.15, 0.2) is 30.5 Å². The van der Waals surface area contributed by atoms with Crippen LogP contribution < -0.4 is 5.32 Å². The van der Waals surface area contributed by atoms with E-state index in [-0.39, 0.29) is 11.7 Å². The normalized spacial score (nSPS) is 20.4. The molecule has 0 radical (unpaired) electrons. The van der Waals surface area contributed by atoms with E-state index in [2.05, 4.69) is 22.4 Å². The zero-order chi connectivity index (χ0) is 17.6. The van der Waals surface area contributed by atoms with Crippen molar-refractivity contribution in [2.75, 3.05) is 13.2 Å². The molecule has 1 saturated carbocycles. The minimum atomic E-state index is -0.316. The van der Waals surface area contributed by atoms with Crippen LogP contribution in [0.1, 0.15) is 43.0 Å². The predicted molar refractivity (Wildman–Crippen MR) is 93.7 cm³/mol. The first kappa shape index (κ1) is 17.6. The maximum Gasteiger partial charge on any atom is 0.255 e. The zero-order valence-corrected chi connectivity index (χ0v) is 14.4. The highest BCUT2D eigenvalue weighted by Gasteiger charge is 2.21. The molecule has 0 aliphatic heterocycles. The van der Waals surface area contributed by atoms with Gasteiger partial charge in [-0.2, -0.15) is 5.10 Å². The summed E-state index contributed by atoms with van der Waals surface area (Å²) < 4.78 is 19.0. The summed E-state index contributed by atoms with van der Waals surface area (Å²) in [4.78, 5) is 12.4. The molecule has 2 atom stereocenters. The monoisotopic (exact) mass is 345 g/mol. The molecule has 0 bridgehead atoms. The van der Waals surface area contributed by atoms with Gasteiger partial charge in [-0.25, -0.2) is 4.39 Å². The number of halogens is 1. The average molecular weight is 345 g/mol. The van der Waals surface area contributed by atoms with Crippen molar-refractivity contribution in [3.05, 3.63) is 41.8 Å². The number of aromatic nitrogens is 2. The van der Waals surface area contributed by atoms with Crippen molar-refractivity contribution in [3.63, 3.8) is 0 Å². The molecule has 0 spiro atoms. The number of hydrogen-bond donors (Lipinski definition) is 2. The number of carbonyl (C=O) groups is 1. The van der Waals surface area contributed by atoms with E-state index in [0.29, 0.717) is 36.4 Å². The second-order valence-corrected chi connectivity index (χ2v) is 6.59. The first-order chi connectivity index (χ1) is 12.1. The number of hydrogen-bond acceptors (Lipinski definition) is 3. The summed E-state index contributed by atoms with van der Waals surface area (Å²) in [6.45, 7) is 3.18. The van der Waals surface area contributed by atoms with Crippen LogP contribution in [0.4, 0.5) is 4.39 Å². The van der Waals surface area contributed by atoms with Crippen LogP contribution in [0.25, 0.3) is 11.3 Å². The van der Waals surface area contributed by atoms with Crippen molar-refractivity contribution < 1.29 is 13.9 Å². The Morgan fingerprint density at radius 2 is 2.08 bits per heavy atom. The van der Waals surface area contributed by atoms with E-state index in [1.165, 1.54) is 37.6 Å². The maximum atomic E-state index is 13.1. The molecule has 1 aromatic carbocycles. The molecule has 1 amide bonds. The Morgan fingerprint density at radius 3 is 2.84 bits per heavy atom. The minimum absolute atomic E-state index is 0.214. The van der Waals surface area contributed by atoms with Crippen LogP contribution in [0, 0.1) is 11.7 Å². The molecule has 134 valence electrons. The molecule has 5 nitrogen and oxygen atoms in total. The number of nitrogens with one attached hydrogen (secondary N) is 2. The summed E-state index contributed by atoms with van der Waals surface area (Å²) >= 11 is 0. The van der Waals surface area contributed by atoms with Crippen molar-refractivity contribution in [1.82, 2.24) is 15.5 Å².